The van der Waals surface area contributed by atoms with Gasteiger partial charge in [-0.15, -0.1) is 4.83 Å². The van der Waals surface area contributed by atoms with Crippen LogP contribution in [0.2, 0.25) is 0 Å². The van der Waals surface area contributed by atoms with E-state index in [1.165, 1.54) is 31.2 Å². The number of rotatable bonds is 5. The molecule has 0 saturated heterocycles. The number of hydrogen-bond donors (Lipinski definition) is 2. The average molecular weight is 393 g/mol. The van der Waals surface area contributed by atoms with E-state index in [4.69, 9.17) is 9.47 Å². The minimum Gasteiger partial charge on any atom is -0.486 e. The Bertz CT molecular complexity index is 1020. The summed E-state index contributed by atoms with van der Waals surface area (Å²) in [5.74, 6) is 0.147. The van der Waals surface area contributed by atoms with E-state index in [9.17, 15) is 23.3 Å². The highest BCUT2D eigenvalue weighted by Gasteiger charge is 2.21. The second-order valence-corrected chi connectivity index (χ2v) is 7.31. The van der Waals surface area contributed by atoms with Gasteiger partial charge in [0.2, 0.25) is 0 Å². The molecule has 0 fully saturated rings. The van der Waals surface area contributed by atoms with Crippen molar-refractivity contribution >= 4 is 21.6 Å². The fourth-order valence-corrected chi connectivity index (χ4v) is 3.24. The number of benzene rings is 2. The Morgan fingerprint density at radius 3 is 2.52 bits per heavy atom. The molecule has 2 aromatic rings. The number of hydrazine groups is 1. The van der Waals surface area contributed by atoms with Gasteiger partial charge in [-0.05, 0) is 31.2 Å². The third-order valence-electron chi connectivity index (χ3n) is 3.79. The predicted octanol–water partition coefficient (Wildman–Crippen LogP) is 1.30. The molecular weight excluding hydrogens is 378 g/mol. The lowest BCUT2D eigenvalue weighted by atomic mass is 10.2. The van der Waals surface area contributed by atoms with Crippen LogP contribution in [0.25, 0.3) is 0 Å². The van der Waals surface area contributed by atoms with Gasteiger partial charge in [-0.2, -0.15) is 0 Å². The highest BCUT2D eigenvalue weighted by atomic mass is 32.2. The molecule has 0 unspecified atom stereocenters. The van der Waals surface area contributed by atoms with E-state index in [0.29, 0.717) is 30.3 Å². The lowest BCUT2D eigenvalue weighted by Crippen LogP contribution is -2.41. The van der Waals surface area contributed by atoms with Gasteiger partial charge in [-0.25, -0.2) is 8.42 Å². The lowest BCUT2D eigenvalue weighted by molar-refractivity contribution is -0.385. The molecule has 0 bridgehead atoms. The average Bonchev–Trinajstić information content (AvgIpc) is 2.65. The summed E-state index contributed by atoms with van der Waals surface area (Å²) in [7, 11) is -4.20. The molecule has 0 aliphatic carbocycles. The van der Waals surface area contributed by atoms with E-state index in [1.807, 2.05) is 4.83 Å². The largest absolute Gasteiger partial charge is 0.486 e. The van der Waals surface area contributed by atoms with E-state index in [2.05, 4.69) is 5.43 Å². The van der Waals surface area contributed by atoms with Crippen LogP contribution in [0, 0.1) is 17.0 Å². The van der Waals surface area contributed by atoms with Crippen LogP contribution in [0.15, 0.2) is 41.3 Å². The summed E-state index contributed by atoms with van der Waals surface area (Å²) in [6, 6.07) is 7.87. The maximum atomic E-state index is 12.3. The number of nitrogens with one attached hydrogen (secondary N) is 2. The zero-order valence-corrected chi connectivity index (χ0v) is 14.9. The van der Waals surface area contributed by atoms with E-state index >= 15 is 0 Å². The molecular formula is C16H15N3O7S. The molecule has 10 nitrogen and oxygen atoms in total. The fraction of sp³-hybridized carbons (Fsp3) is 0.188. The van der Waals surface area contributed by atoms with Crippen LogP contribution in [0.4, 0.5) is 5.69 Å². The van der Waals surface area contributed by atoms with Crippen molar-refractivity contribution in [1.29, 1.82) is 0 Å². The number of hydrogen-bond acceptors (Lipinski definition) is 7. The van der Waals surface area contributed by atoms with Crippen molar-refractivity contribution in [2.75, 3.05) is 13.2 Å². The first kappa shape index (κ1) is 18.6. The van der Waals surface area contributed by atoms with Gasteiger partial charge in [-0.1, -0.05) is 6.07 Å². The van der Waals surface area contributed by atoms with Crippen molar-refractivity contribution in [2.45, 2.75) is 11.8 Å². The first-order valence-electron chi connectivity index (χ1n) is 7.75. The molecule has 11 heteroatoms. The van der Waals surface area contributed by atoms with Crippen LogP contribution < -0.4 is 19.7 Å². The molecule has 0 saturated carbocycles. The zero-order valence-electron chi connectivity index (χ0n) is 14.1. The number of amides is 1. The second kappa shape index (κ2) is 7.21. The molecule has 27 heavy (non-hydrogen) atoms. The van der Waals surface area contributed by atoms with Gasteiger partial charge in [-0.3, -0.25) is 20.3 Å². The molecule has 0 spiro atoms. The maximum absolute atomic E-state index is 12.3. The van der Waals surface area contributed by atoms with Gasteiger partial charge < -0.3 is 9.47 Å². The summed E-state index contributed by atoms with van der Waals surface area (Å²) in [4.78, 5) is 24.1. The molecule has 1 aliphatic heterocycles. The molecule has 0 atom stereocenters. The number of carbonyl (C=O) groups excluding carboxylic acids is 1. The van der Waals surface area contributed by atoms with Gasteiger partial charge in [0.05, 0.1) is 9.82 Å². The topological polar surface area (TPSA) is 137 Å². The first-order chi connectivity index (χ1) is 12.8. The highest BCUT2D eigenvalue weighted by Crippen LogP contribution is 2.30. The number of nitro benzene ring substituents is 1. The second-order valence-electron chi connectivity index (χ2n) is 5.62. The van der Waals surface area contributed by atoms with Crippen molar-refractivity contribution < 1.29 is 27.6 Å². The SMILES string of the molecule is Cc1ccc(S(=O)(=O)NNC(=O)c2ccc3c(c2)OCCO3)cc1[N+](=O)[O-]. The van der Waals surface area contributed by atoms with Crippen LogP contribution in [-0.4, -0.2) is 32.5 Å². The van der Waals surface area contributed by atoms with Crippen LogP contribution in [-0.2, 0) is 10.0 Å². The Hall–Kier alpha value is -3.18. The number of sulfonamides is 1. The maximum Gasteiger partial charge on any atom is 0.273 e. The third kappa shape index (κ3) is 3.99. The molecule has 1 heterocycles. The molecule has 0 aromatic heterocycles. The quantitative estimate of drug-likeness (QED) is 0.577. The van der Waals surface area contributed by atoms with Crippen molar-refractivity contribution in [1.82, 2.24) is 10.3 Å². The Balaban J connectivity index is 1.74. The van der Waals surface area contributed by atoms with Crippen LogP contribution in [0.1, 0.15) is 15.9 Å². The van der Waals surface area contributed by atoms with Gasteiger partial charge in [0, 0.05) is 17.2 Å². The summed E-state index contributed by atoms with van der Waals surface area (Å²) in [6.07, 6.45) is 0. The summed E-state index contributed by atoms with van der Waals surface area (Å²) in [6.45, 7) is 2.24. The fourth-order valence-electron chi connectivity index (χ4n) is 2.38. The van der Waals surface area contributed by atoms with Gasteiger partial charge >= 0.3 is 0 Å². The number of aryl methyl sites for hydroxylation is 1. The van der Waals surface area contributed by atoms with Gasteiger partial charge in [0.15, 0.2) is 11.5 Å². The van der Waals surface area contributed by atoms with Crippen molar-refractivity contribution in [3.63, 3.8) is 0 Å². The number of carbonyl (C=O) groups is 1. The molecule has 3 rings (SSSR count). The molecule has 1 aliphatic rings. The van der Waals surface area contributed by atoms with E-state index in [1.54, 1.807) is 6.07 Å². The Morgan fingerprint density at radius 2 is 1.81 bits per heavy atom. The number of fused-ring (bicyclic) bond motifs is 1. The molecule has 2 aromatic carbocycles. The van der Waals surface area contributed by atoms with Gasteiger partial charge in [0.1, 0.15) is 13.2 Å². The normalized spacial score (nSPS) is 13.1. The Kier molecular flexibility index (Phi) is 4.97. The minimum absolute atomic E-state index is 0.150. The smallest absolute Gasteiger partial charge is 0.273 e. The third-order valence-corrected chi connectivity index (χ3v) is 5.04. The standard InChI is InChI=1S/C16H15N3O7S/c1-10-2-4-12(9-13(10)19(21)22)27(23,24)18-17-16(20)11-3-5-14-15(8-11)26-7-6-25-14/h2-5,8-9,18H,6-7H2,1H3,(H,17,20). The van der Waals surface area contributed by atoms with Crippen LogP contribution >= 0.6 is 0 Å². The van der Waals surface area contributed by atoms with Gasteiger partial charge in [0.25, 0.3) is 21.6 Å². The summed E-state index contributed by atoms with van der Waals surface area (Å²) in [5, 5.41) is 11.0. The first-order valence-corrected chi connectivity index (χ1v) is 9.23. The minimum atomic E-state index is -4.20. The molecule has 1 amide bonds. The summed E-state index contributed by atoms with van der Waals surface area (Å²) in [5.41, 5.74) is 2.20. The number of nitro groups is 1. The van der Waals surface area contributed by atoms with Crippen LogP contribution in [0.3, 0.4) is 0 Å². The van der Waals surface area contributed by atoms with Crippen molar-refractivity contribution in [2.24, 2.45) is 0 Å². The monoisotopic (exact) mass is 393 g/mol. The number of nitrogens with zero attached hydrogens (tertiary/aromatic N) is 1. The van der Waals surface area contributed by atoms with Crippen LogP contribution in [0.5, 0.6) is 11.5 Å². The number of ether oxygens (including phenoxy) is 2. The van der Waals surface area contributed by atoms with Crippen molar-refractivity contribution in [3.05, 3.63) is 57.6 Å². The Labute approximate surface area is 154 Å². The van der Waals surface area contributed by atoms with Crippen molar-refractivity contribution in [3.8, 4) is 11.5 Å². The zero-order chi connectivity index (χ0) is 19.6. The predicted molar refractivity (Wildman–Crippen MR) is 93.1 cm³/mol. The summed E-state index contributed by atoms with van der Waals surface area (Å²) >= 11 is 0. The Morgan fingerprint density at radius 1 is 1.11 bits per heavy atom. The van der Waals surface area contributed by atoms with E-state index < -0.39 is 20.9 Å². The highest BCUT2D eigenvalue weighted by molar-refractivity contribution is 7.89. The summed E-state index contributed by atoms with van der Waals surface area (Å²) < 4.78 is 35.3. The van der Waals surface area contributed by atoms with E-state index in [-0.39, 0.29) is 16.1 Å². The lowest BCUT2D eigenvalue weighted by Gasteiger charge is -2.18. The molecule has 2 N–H and O–H groups in total. The van der Waals surface area contributed by atoms with E-state index in [0.717, 1.165) is 6.07 Å². The molecule has 0 radical (unpaired) electrons. The molecule has 142 valence electrons.